The van der Waals surface area contributed by atoms with E-state index in [1.54, 1.807) is 0 Å². The number of ether oxygens (including phenoxy) is 1. The Bertz CT molecular complexity index is 482. The van der Waals surface area contributed by atoms with E-state index >= 15 is 0 Å². The molecular formula is C12H10AsO4P+. The molecule has 1 aliphatic rings. The summed E-state index contributed by atoms with van der Waals surface area (Å²) in [5, 5.41) is 0. The summed E-state index contributed by atoms with van der Waals surface area (Å²) in [5.41, 5.74) is 0. The third kappa shape index (κ3) is 3.41. The molecule has 2 aromatic carbocycles. The molecule has 1 heterocycles. The van der Waals surface area contributed by atoms with Crippen LogP contribution in [-0.4, -0.2) is 25.5 Å². The molecular weight excluding hydrogens is 314 g/mol. The minimum atomic E-state index is -2.87. The SMILES string of the molecule is O=[P+](O)O.c1ccc2c(c1)Oc1ccccc1[As]2. The van der Waals surface area contributed by atoms with Crippen molar-refractivity contribution in [2.45, 2.75) is 0 Å². The Morgan fingerprint density at radius 3 is 1.72 bits per heavy atom. The van der Waals surface area contributed by atoms with Crippen LogP contribution in [0.25, 0.3) is 0 Å². The van der Waals surface area contributed by atoms with Crippen molar-refractivity contribution in [1.82, 2.24) is 0 Å². The summed E-state index contributed by atoms with van der Waals surface area (Å²) in [6.45, 7) is 0. The van der Waals surface area contributed by atoms with Gasteiger partial charge in [-0.2, -0.15) is 0 Å². The van der Waals surface area contributed by atoms with E-state index < -0.39 is 8.25 Å². The standard InChI is InChI=1S/C12H8AsO.HO3P/c1-3-7-11-9(5-1)13-10-6-2-4-8-12(10)14-11;1-4(2)3/h1-8H;(H-,1,2,3)/p+1. The van der Waals surface area contributed by atoms with Crippen LogP contribution in [0.2, 0.25) is 0 Å². The van der Waals surface area contributed by atoms with Crippen LogP contribution < -0.4 is 13.4 Å². The Hall–Kier alpha value is -1.18. The third-order valence-electron chi connectivity index (χ3n) is 2.19. The van der Waals surface area contributed by atoms with Crippen molar-refractivity contribution in [1.29, 1.82) is 0 Å². The Kier molecular flexibility index (Phi) is 4.51. The van der Waals surface area contributed by atoms with Crippen molar-refractivity contribution >= 4 is 32.7 Å². The number of benzene rings is 2. The molecule has 0 spiro atoms. The average Bonchev–Trinajstić information content (AvgIpc) is 2.35. The van der Waals surface area contributed by atoms with Gasteiger partial charge < -0.3 is 0 Å². The third-order valence-corrected chi connectivity index (χ3v) is 4.75. The molecule has 0 fully saturated rings. The monoisotopic (exact) mass is 324 g/mol. The van der Waals surface area contributed by atoms with Crippen LogP contribution in [0.15, 0.2) is 48.5 Å². The maximum atomic E-state index is 8.70. The van der Waals surface area contributed by atoms with Gasteiger partial charge in [0, 0.05) is 4.57 Å². The van der Waals surface area contributed by atoms with Gasteiger partial charge in [0.05, 0.1) is 0 Å². The van der Waals surface area contributed by atoms with E-state index in [1.807, 2.05) is 24.3 Å². The van der Waals surface area contributed by atoms with Gasteiger partial charge >= 0.3 is 97.5 Å². The molecule has 0 unspecified atom stereocenters. The molecule has 4 nitrogen and oxygen atoms in total. The van der Waals surface area contributed by atoms with Gasteiger partial charge in [-0.1, -0.05) is 0 Å². The molecule has 0 saturated carbocycles. The summed E-state index contributed by atoms with van der Waals surface area (Å²) in [4.78, 5) is 14.2. The fourth-order valence-electron chi connectivity index (χ4n) is 1.52. The fourth-order valence-corrected chi connectivity index (χ4v) is 3.71. The zero-order chi connectivity index (χ0) is 13.0. The molecule has 6 heteroatoms. The van der Waals surface area contributed by atoms with Crippen LogP contribution in [0, 0.1) is 0 Å². The first-order chi connectivity index (χ1) is 8.66. The molecule has 0 amide bonds. The normalized spacial score (nSPS) is 11.2. The quantitative estimate of drug-likeness (QED) is 0.480. The first-order valence-corrected chi connectivity index (χ1v) is 8.13. The van der Waals surface area contributed by atoms with Crippen molar-refractivity contribution in [3.8, 4) is 11.5 Å². The predicted molar refractivity (Wildman–Crippen MR) is 70.0 cm³/mol. The zero-order valence-electron chi connectivity index (χ0n) is 9.22. The van der Waals surface area contributed by atoms with Gasteiger partial charge in [-0.25, -0.2) is 0 Å². The molecule has 91 valence electrons. The summed E-state index contributed by atoms with van der Waals surface area (Å²) in [6, 6.07) is 16.6. The molecule has 0 bridgehead atoms. The summed E-state index contributed by atoms with van der Waals surface area (Å²) in [7, 11) is -2.87. The molecule has 0 aromatic heterocycles. The molecule has 1 radical (unpaired) electrons. The first kappa shape index (κ1) is 13.3. The van der Waals surface area contributed by atoms with Crippen molar-refractivity contribution in [2.24, 2.45) is 0 Å². The van der Waals surface area contributed by atoms with Gasteiger partial charge in [0.15, 0.2) is 0 Å². The Morgan fingerprint density at radius 1 is 0.889 bits per heavy atom. The molecule has 0 saturated heterocycles. The molecule has 3 rings (SSSR count). The van der Waals surface area contributed by atoms with Gasteiger partial charge in [-0.3, -0.25) is 0 Å². The van der Waals surface area contributed by atoms with Crippen molar-refractivity contribution < 1.29 is 19.1 Å². The number of rotatable bonds is 0. The Labute approximate surface area is 112 Å². The second-order valence-corrected chi connectivity index (χ2v) is 6.40. The topological polar surface area (TPSA) is 66.8 Å². The number of hydrogen-bond donors (Lipinski definition) is 2. The number of fused-ring (bicyclic) bond motifs is 2. The van der Waals surface area contributed by atoms with E-state index in [9.17, 15) is 0 Å². The maximum absolute atomic E-state index is 8.70. The van der Waals surface area contributed by atoms with E-state index in [2.05, 4.69) is 24.3 Å². The number of hydrogen-bond acceptors (Lipinski definition) is 2. The van der Waals surface area contributed by atoms with E-state index in [-0.39, 0.29) is 15.8 Å². The zero-order valence-corrected chi connectivity index (χ0v) is 12.0. The summed E-state index contributed by atoms with van der Waals surface area (Å²) in [6.07, 6.45) is 0. The molecule has 1 aliphatic heterocycles. The molecule has 18 heavy (non-hydrogen) atoms. The van der Waals surface area contributed by atoms with E-state index in [0.29, 0.717) is 0 Å². The van der Waals surface area contributed by atoms with Crippen molar-refractivity contribution in [3.05, 3.63) is 48.5 Å². The second-order valence-electron chi connectivity index (χ2n) is 3.40. The summed E-state index contributed by atoms with van der Waals surface area (Å²) >= 11 is 0.102. The van der Waals surface area contributed by atoms with Crippen LogP contribution in [0.1, 0.15) is 0 Å². The molecule has 0 aliphatic carbocycles. The van der Waals surface area contributed by atoms with Crippen LogP contribution >= 0.6 is 8.25 Å². The fraction of sp³-hybridized carbons (Fsp3) is 0. The van der Waals surface area contributed by atoms with Gasteiger partial charge in [0.2, 0.25) is 0 Å². The van der Waals surface area contributed by atoms with Crippen LogP contribution in [0.4, 0.5) is 0 Å². The van der Waals surface area contributed by atoms with Crippen LogP contribution in [0.3, 0.4) is 0 Å². The van der Waals surface area contributed by atoms with E-state index in [1.165, 1.54) is 8.70 Å². The average molecular weight is 324 g/mol. The van der Waals surface area contributed by atoms with Crippen LogP contribution in [-0.2, 0) is 4.57 Å². The molecule has 0 atom stereocenters. The molecule has 2 N–H and O–H groups in total. The summed E-state index contributed by atoms with van der Waals surface area (Å²) in [5.74, 6) is 2.07. The molecule has 2 aromatic rings. The van der Waals surface area contributed by atoms with Gasteiger partial charge in [0.25, 0.3) is 0 Å². The van der Waals surface area contributed by atoms with Gasteiger partial charge in [-0.15, -0.1) is 9.79 Å². The predicted octanol–water partition coefficient (Wildman–Crippen LogP) is 1.08. The Balaban J connectivity index is 0.000000267. The number of para-hydroxylation sites is 2. The van der Waals surface area contributed by atoms with E-state index in [0.717, 1.165) is 11.5 Å². The second kappa shape index (κ2) is 6.12. The van der Waals surface area contributed by atoms with Crippen molar-refractivity contribution in [3.63, 3.8) is 0 Å². The summed E-state index contributed by atoms with van der Waals surface area (Å²) < 4.78 is 17.2. The van der Waals surface area contributed by atoms with E-state index in [4.69, 9.17) is 19.1 Å². The van der Waals surface area contributed by atoms with Gasteiger partial charge in [-0.05, 0) is 0 Å². The van der Waals surface area contributed by atoms with Crippen molar-refractivity contribution in [2.75, 3.05) is 0 Å². The Morgan fingerprint density at radius 2 is 1.28 bits per heavy atom. The van der Waals surface area contributed by atoms with Crippen LogP contribution in [0.5, 0.6) is 11.5 Å². The van der Waals surface area contributed by atoms with Gasteiger partial charge in [0.1, 0.15) is 0 Å². The minimum absolute atomic E-state index is 0.102. The first-order valence-electron chi connectivity index (χ1n) is 5.09.